The van der Waals surface area contributed by atoms with Crippen molar-refractivity contribution in [1.29, 1.82) is 0 Å². The fourth-order valence-electron chi connectivity index (χ4n) is 3.36. The molecule has 0 unspecified atom stereocenters. The molecule has 4 rings (SSSR count). The number of carbonyl (C=O) groups is 1. The summed E-state index contributed by atoms with van der Waals surface area (Å²) in [5.74, 6) is 1.48. The predicted molar refractivity (Wildman–Crippen MR) is 117 cm³/mol. The van der Waals surface area contributed by atoms with E-state index in [-0.39, 0.29) is 12.3 Å². The summed E-state index contributed by atoms with van der Waals surface area (Å²) in [5.41, 5.74) is 2.35. The third-order valence-electron chi connectivity index (χ3n) is 4.91. The second-order valence-electron chi connectivity index (χ2n) is 7.48. The van der Waals surface area contributed by atoms with Crippen molar-refractivity contribution in [2.45, 2.75) is 20.3 Å². The number of aryl methyl sites for hydroxylation is 1. The average molecular weight is 421 g/mol. The minimum atomic E-state index is -0.542. The Balaban J connectivity index is 1.53. The summed E-state index contributed by atoms with van der Waals surface area (Å²) in [4.78, 5) is 25.2. The molecule has 0 radical (unpaired) electrons. The molecule has 0 atom stereocenters. The van der Waals surface area contributed by atoms with Crippen molar-refractivity contribution >= 4 is 22.6 Å². The lowest BCUT2D eigenvalue weighted by atomic mass is 10.0. The summed E-state index contributed by atoms with van der Waals surface area (Å²) < 4.78 is 22.1. The second-order valence-corrected chi connectivity index (χ2v) is 7.48. The molecular formula is C24H23NO6. The van der Waals surface area contributed by atoms with Crippen molar-refractivity contribution in [3.8, 4) is 17.2 Å². The molecular weight excluding hydrogens is 398 g/mol. The molecule has 1 amide bonds. The van der Waals surface area contributed by atoms with Gasteiger partial charge in [-0.1, -0.05) is 6.58 Å². The zero-order chi connectivity index (χ0) is 22.0. The molecule has 3 aromatic rings. The van der Waals surface area contributed by atoms with Gasteiger partial charge in [0, 0.05) is 23.2 Å². The number of benzene rings is 2. The molecule has 7 heteroatoms. The van der Waals surface area contributed by atoms with Crippen molar-refractivity contribution in [3.63, 3.8) is 0 Å². The molecule has 1 aliphatic rings. The van der Waals surface area contributed by atoms with Crippen LogP contribution in [0.1, 0.15) is 18.1 Å². The molecule has 1 aliphatic heterocycles. The van der Waals surface area contributed by atoms with Gasteiger partial charge in [0.2, 0.25) is 5.91 Å². The average Bonchev–Trinajstić information content (AvgIpc) is 2.75. The van der Waals surface area contributed by atoms with E-state index in [1.165, 1.54) is 0 Å². The highest BCUT2D eigenvalue weighted by molar-refractivity contribution is 5.93. The predicted octanol–water partition coefficient (Wildman–Crippen LogP) is 4.01. The summed E-state index contributed by atoms with van der Waals surface area (Å²) in [6.07, 6.45) is -0.105. The minimum absolute atomic E-state index is 0.105. The Bertz CT molecular complexity index is 1230. The number of rotatable bonds is 6. The lowest BCUT2D eigenvalue weighted by Gasteiger charge is -2.19. The van der Waals surface area contributed by atoms with E-state index in [2.05, 4.69) is 11.9 Å². The maximum absolute atomic E-state index is 12.6. The van der Waals surface area contributed by atoms with Crippen LogP contribution in [0.2, 0.25) is 0 Å². The summed E-state index contributed by atoms with van der Waals surface area (Å²) in [5, 5.41) is 3.55. The number of hydrogen-bond donors (Lipinski definition) is 1. The minimum Gasteiger partial charge on any atom is -0.489 e. The summed E-state index contributed by atoms with van der Waals surface area (Å²) >= 11 is 0. The van der Waals surface area contributed by atoms with Crippen molar-refractivity contribution in [3.05, 3.63) is 70.1 Å². The van der Waals surface area contributed by atoms with E-state index in [9.17, 15) is 9.59 Å². The van der Waals surface area contributed by atoms with Crippen molar-refractivity contribution < 1.29 is 23.4 Å². The topological polar surface area (TPSA) is 87.0 Å². The number of fused-ring (bicyclic) bond motifs is 2. The maximum Gasteiger partial charge on any atom is 0.340 e. The van der Waals surface area contributed by atoms with Crippen molar-refractivity contribution in [2.75, 3.05) is 25.1 Å². The summed E-state index contributed by atoms with van der Waals surface area (Å²) in [6.45, 7) is 8.82. The van der Waals surface area contributed by atoms with Gasteiger partial charge in [-0.3, -0.25) is 4.79 Å². The normalized spacial score (nSPS) is 12.5. The molecule has 160 valence electrons. The van der Waals surface area contributed by atoms with Gasteiger partial charge in [-0.25, -0.2) is 4.79 Å². The Morgan fingerprint density at radius 3 is 2.68 bits per heavy atom. The van der Waals surface area contributed by atoms with Gasteiger partial charge < -0.3 is 23.9 Å². The van der Waals surface area contributed by atoms with E-state index in [1.807, 2.05) is 13.0 Å². The lowest BCUT2D eigenvalue weighted by Crippen LogP contribution is -2.21. The van der Waals surface area contributed by atoms with Crippen LogP contribution >= 0.6 is 0 Å². The van der Waals surface area contributed by atoms with Crippen LogP contribution in [0.5, 0.6) is 17.2 Å². The SMILES string of the molecule is C=C(C)COc1ccc2c(C)c(CC(=O)Nc3ccc4c(c3)OCCO4)c(=O)oc2c1. The zero-order valence-electron chi connectivity index (χ0n) is 17.4. The van der Waals surface area contributed by atoms with Crippen LogP contribution in [0.15, 0.2) is 57.8 Å². The highest BCUT2D eigenvalue weighted by Crippen LogP contribution is 2.32. The van der Waals surface area contributed by atoms with E-state index >= 15 is 0 Å². The number of nitrogens with one attached hydrogen (secondary N) is 1. The van der Waals surface area contributed by atoms with Crippen LogP contribution in [-0.4, -0.2) is 25.7 Å². The highest BCUT2D eigenvalue weighted by Gasteiger charge is 2.17. The molecule has 0 aliphatic carbocycles. The van der Waals surface area contributed by atoms with Gasteiger partial charge in [0.05, 0.1) is 12.0 Å². The van der Waals surface area contributed by atoms with Gasteiger partial charge in [0.15, 0.2) is 11.5 Å². The summed E-state index contributed by atoms with van der Waals surface area (Å²) in [6, 6.07) is 10.5. The van der Waals surface area contributed by atoms with Gasteiger partial charge in [-0.15, -0.1) is 0 Å². The number of hydrogen-bond acceptors (Lipinski definition) is 6. The Labute approximate surface area is 179 Å². The fraction of sp³-hybridized carbons (Fsp3) is 0.250. The zero-order valence-corrected chi connectivity index (χ0v) is 17.4. The Kier molecular flexibility index (Phi) is 5.66. The molecule has 2 aromatic carbocycles. The van der Waals surface area contributed by atoms with E-state index < -0.39 is 5.63 Å². The highest BCUT2D eigenvalue weighted by atomic mass is 16.6. The van der Waals surface area contributed by atoms with E-state index in [1.54, 1.807) is 37.3 Å². The first-order valence-electron chi connectivity index (χ1n) is 9.94. The van der Waals surface area contributed by atoms with Gasteiger partial charge in [0.1, 0.15) is 31.2 Å². The molecule has 0 fully saturated rings. The molecule has 7 nitrogen and oxygen atoms in total. The Hall–Kier alpha value is -3.74. The maximum atomic E-state index is 12.6. The first-order chi connectivity index (χ1) is 14.9. The standard InChI is InChI=1S/C24H23NO6/c1-14(2)13-30-17-5-6-18-15(3)19(24(27)31-21(18)11-17)12-23(26)25-16-4-7-20-22(10-16)29-9-8-28-20/h4-7,10-11H,1,8-9,12-13H2,2-3H3,(H,25,26). The monoisotopic (exact) mass is 421 g/mol. The summed E-state index contributed by atoms with van der Waals surface area (Å²) in [7, 11) is 0. The molecule has 1 N–H and O–H groups in total. The van der Waals surface area contributed by atoms with Gasteiger partial charge in [-0.05, 0) is 49.2 Å². The lowest BCUT2D eigenvalue weighted by molar-refractivity contribution is -0.115. The van der Waals surface area contributed by atoms with Crippen LogP contribution in [0.4, 0.5) is 5.69 Å². The molecule has 31 heavy (non-hydrogen) atoms. The molecule has 0 saturated carbocycles. The van der Waals surface area contributed by atoms with Crippen LogP contribution in [0, 0.1) is 6.92 Å². The largest absolute Gasteiger partial charge is 0.489 e. The van der Waals surface area contributed by atoms with Crippen molar-refractivity contribution in [2.24, 2.45) is 0 Å². The van der Waals surface area contributed by atoms with E-state index in [4.69, 9.17) is 18.6 Å². The molecule has 0 saturated heterocycles. The number of carbonyl (C=O) groups excluding carboxylic acids is 1. The number of ether oxygens (including phenoxy) is 3. The van der Waals surface area contributed by atoms with Crippen LogP contribution in [0.3, 0.4) is 0 Å². The third-order valence-corrected chi connectivity index (χ3v) is 4.91. The van der Waals surface area contributed by atoms with Gasteiger partial charge >= 0.3 is 5.63 Å². The van der Waals surface area contributed by atoms with Crippen LogP contribution in [-0.2, 0) is 11.2 Å². The van der Waals surface area contributed by atoms with Gasteiger partial charge in [0.25, 0.3) is 0 Å². The quantitative estimate of drug-likeness (QED) is 0.478. The fourth-order valence-corrected chi connectivity index (χ4v) is 3.36. The van der Waals surface area contributed by atoms with Gasteiger partial charge in [-0.2, -0.15) is 0 Å². The second kappa shape index (κ2) is 8.55. The first kappa shape index (κ1) is 20.5. The van der Waals surface area contributed by atoms with Crippen LogP contribution < -0.4 is 25.2 Å². The Morgan fingerprint density at radius 2 is 1.90 bits per heavy atom. The molecule has 2 heterocycles. The molecule has 0 spiro atoms. The van der Waals surface area contributed by atoms with E-state index in [0.717, 1.165) is 11.0 Å². The van der Waals surface area contributed by atoms with E-state index in [0.29, 0.717) is 59.5 Å². The first-order valence-corrected chi connectivity index (χ1v) is 9.94. The van der Waals surface area contributed by atoms with Crippen LogP contribution in [0.25, 0.3) is 11.0 Å². The number of anilines is 1. The number of amides is 1. The smallest absolute Gasteiger partial charge is 0.340 e. The molecule has 1 aromatic heterocycles. The molecule has 0 bridgehead atoms. The third kappa shape index (κ3) is 4.55. The Morgan fingerprint density at radius 1 is 1.13 bits per heavy atom. The van der Waals surface area contributed by atoms with Crippen molar-refractivity contribution in [1.82, 2.24) is 0 Å².